The number of carbonyl (C=O) groups excluding carboxylic acids is 2. The van der Waals surface area contributed by atoms with Gasteiger partial charge in [-0.3, -0.25) is 9.59 Å². The summed E-state index contributed by atoms with van der Waals surface area (Å²) in [4.78, 5) is 31.6. The van der Waals surface area contributed by atoms with E-state index in [1.54, 1.807) is 11.3 Å². The minimum Gasteiger partial charge on any atom is -0.333 e. The summed E-state index contributed by atoms with van der Waals surface area (Å²) >= 11 is 5.02. The van der Waals surface area contributed by atoms with Crippen LogP contribution in [0.4, 0.5) is 5.69 Å². The molecule has 144 valence electrons. The lowest BCUT2D eigenvalue weighted by Gasteiger charge is -2.23. The third-order valence-corrected chi connectivity index (χ3v) is 6.53. The van der Waals surface area contributed by atoms with Crippen molar-refractivity contribution in [3.05, 3.63) is 58.0 Å². The smallest absolute Gasteiger partial charge is 0.224 e. The molecule has 0 bridgehead atoms. The van der Waals surface area contributed by atoms with Crippen molar-refractivity contribution >= 4 is 55.0 Å². The Kier molecular flexibility index (Phi) is 5.73. The summed E-state index contributed by atoms with van der Waals surface area (Å²) in [7, 11) is 0. The maximum atomic E-state index is 12.8. The Morgan fingerprint density at radius 1 is 1.14 bits per heavy atom. The Bertz CT molecular complexity index is 969. The molecule has 2 amide bonds. The van der Waals surface area contributed by atoms with Crippen molar-refractivity contribution < 1.29 is 9.59 Å². The molecule has 1 N–H and O–H groups in total. The average molecular weight is 458 g/mol. The summed E-state index contributed by atoms with van der Waals surface area (Å²) in [6, 6.07) is 15.5. The minimum atomic E-state index is -0.147. The summed E-state index contributed by atoms with van der Waals surface area (Å²) in [6.45, 7) is 0.730. The highest BCUT2D eigenvalue weighted by molar-refractivity contribution is 9.10. The number of nitrogens with one attached hydrogen (secondary N) is 1. The number of fused-ring (bicyclic) bond motifs is 1. The van der Waals surface area contributed by atoms with Gasteiger partial charge in [-0.1, -0.05) is 28.1 Å². The van der Waals surface area contributed by atoms with E-state index in [1.165, 1.54) is 0 Å². The van der Waals surface area contributed by atoms with Crippen molar-refractivity contribution in [1.82, 2.24) is 9.88 Å². The monoisotopic (exact) mass is 457 g/mol. The van der Waals surface area contributed by atoms with Gasteiger partial charge in [0.1, 0.15) is 5.01 Å². The number of hydrogen-bond acceptors (Lipinski definition) is 4. The van der Waals surface area contributed by atoms with Crippen LogP contribution in [-0.2, 0) is 9.59 Å². The van der Waals surface area contributed by atoms with E-state index in [1.807, 2.05) is 47.4 Å². The number of carbonyl (C=O) groups is 2. The van der Waals surface area contributed by atoms with Crippen LogP contribution in [0.15, 0.2) is 53.0 Å². The Morgan fingerprint density at radius 2 is 1.93 bits per heavy atom. The van der Waals surface area contributed by atoms with E-state index in [0.717, 1.165) is 44.8 Å². The van der Waals surface area contributed by atoms with Crippen LogP contribution in [0.1, 0.15) is 36.7 Å². The van der Waals surface area contributed by atoms with Crippen molar-refractivity contribution in [2.75, 3.05) is 11.9 Å². The lowest BCUT2D eigenvalue weighted by atomic mass is 10.2. The molecule has 1 aromatic heterocycles. The normalized spacial score (nSPS) is 16.5. The van der Waals surface area contributed by atoms with Crippen LogP contribution in [0, 0.1) is 0 Å². The van der Waals surface area contributed by atoms with Crippen LogP contribution < -0.4 is 5.32 Å². The van der Waals surface area contributed by atoms with E-state index >= 15 is 0 Å². The largest absolute Gasteiger partial charge is 0.333 e. The molecule has 1 saturated heterocycles. The van der Waals surface area contributed by atoms with E-state index < -0.39 is 0 Å². The van der Waals surface area contributed by atoms with Crippen LogP contribution in [0.5, 0.6) is 0 Å². The van der Waals surface area contributed by atoms with Gasteiger partial charge < -0.3 is 10.2 Å². The molecule has 0 saturated carbocycles. The molecule has 1 fully saturated rings. The number of benzene rings is 2. The summed E-state index contributed by atoms with van der Waals surface area (Å²) in [5.74, 6) is -0.126. The molecule has 2 heterocycles. The first-order valence-corrected chi connectivity index (χ1v) is 10.9. The number of anilines is 1. The number of amides is 2. The maximum absolute atomic E-state index is 12.8. The fourth-order valence-corrected chi connectivity index (χ4v) is 4.85. The Morgan fingerprint density at radius 3 is 2.71 bits per heavy atom. The number of thiazole rings is 1. The summed E-state index contributed by atoms with van der Waals surface area (Å²) < 4.78 is 2.10. The number of hydrogen-bond donors (Lipinski definition) is 1. The predicted molar refractivity (Wildman–Crippen MR) is 115 cm³/mol. The molecule has 0 spiro atoms. The first-order valence-electron chi connectivity index (χ1n) is 9.30. The second kappa shape index (κ2) is 8.41. The molecule has 1 atom stereocenters. The summed E-state index contributed by atoms with van der Waals surface area (Å²) in [5.41, 5.74) is 1.71. The maximum Gasteiger partial charge on any atom is 0.224 e. The molecule has 1 aliphatic heterocycles. The van der Waals surface area contributed by atoms with Crippen LogP contribution in [0.25, 0.3) is 10.2 Å². The highest BCUT2D eigenvalue weighted by Crippen LogP contribution is 2.36. The van der Waals surface area contributed by atoms with Gasteiger partial charge in [0.25, 0.3) is 0 Å². The average Bonchev–Trinajstić information content (AvgIpc) is 3.34. The standard InChI is InChI=1S/C21H20BrN3O2S/c22-14-7-9-15(10-8-14)23-19(26)11-12-20(27)25-13-3-5-17(25)21-24-16-4-1-2-6-18(16)28-21/h1-2,4,6-10,17H,3,5,11-13H2,(H,23,26)/t17-/m1/s1. The fourth-order valence-electron chi connectivity index (χ4n) is 3.48. The Balaban J connectivity index is 1.36. The quantitative estimate of drug-likeness (QED) is 0.576. The van der Waals surface area contributed by atoms with Crippen molar-refractivity contribution in [3.8, 4) is 0 Å². The lowest BCUT2D eigenvalue weighted by molar-refractivity contribution is -0.133. The highest BCUT2D eigenvalue weighted by atomic mass is 79.9. The first-order chi connectivity index (χ1) is 13.6. The van der Waals surface area contributed by atoms with Gasteiger partial charge in [0.15, 0.2) is 0 Å². The van der Waals surface area contributed by atoms with E-state index in [-0.39, 0.29) is 30.7 Å². The zero-order valence-corrected chi connectivity index (χ0v) is 17.6. The zero-order chi connectivity index (χ0) is 19.5. The number of likely N-dealkylation sites (tertiary alicyclic amines) is 1. The van der Waals surface area contributed by atoms with Crippen LogP contribution in [0.3, 0.4) is 0 Å². The lowest BCUT2D eigenvalue weighted by Crippen LogP contribution is -2.31. The molecule has 3 aromatic rings. The fraction of sp³-hybridized carbons (Fsp3) is 0.286. The third kappa shape index (κ3) is 4.25. The van der Waals surface area contributed by atoms with Crippen molar-refractivity contribution in [2.24, 2.45) is 0 Å². The van der Waals surface area contributed by atoms with E-state index in [9.17, 15) is 9.59 Å². The second-order valence-corrected chi connectivity index (χ2v) is 8.80. The molecular weight excluding hydrogens is 438 g/mol. The third-order valence-electron chi connectivity index (χ3n) is 4.86. The molecular formula is C21H20BrN3O2S. The van der Waals surface area contributed by atoms with E-state index in [4.69, 9.17) is 4.98 Å². The van der Waals surface area contributed by atoms with Crippen LogP contribution in [0.2, 0.25) is 0 Å². The highest BCUT2D eigenvalue weighted by Gasteiger charge is 2.32. The molecule has 0 aliphatic carbocycles. The molecule has 5 nitrogen and oxygen atoms in total. The molecule has 0 radical (unpaired) electrons. The first kappa shape index (κ1) is 19.1. The van der Waals surface area contributed by atoms with E-state index in [0.29, 0.717) is 0 Å². The van der Waals surface area contributed by atoms with Crippen molar-refractivity contribution in [3.63, 3.8) is 0 Å². The molecule has 2 aromatic carbocycles. The topological polar surface area (TPSA) is 62.3 Å². The number of rotatable bonds is 5. The number of para-hydroxylation sites is 1. The van der Waals surface area contributed by atoms with Gasteiger partial charge in [0.05, 0.1) is 16.3 Å². The Hall–Kier alpha value is -2.25. The molecule has 4 rings (SSSR count). The number of aromatic nitrogens is 1. The van der Waals surface area contributed by atoms with Gasteiger partial charge in [-0.25, -0.2) is 4.98 Å². The minimum absolute atomic E-state index is 0.0210. The molecule has 0 unspecified atom stereocenters. The number of nitrogens with zero attached hydrogens (tertiary/aromatic N) is 2. The van der Waals surface area contributed by atoms with Crippen molar-refractivity contribution in [2.45, 2.75) is 31.7 Å². The van der Waals surface area contributed by atoms with Gasteiger partial charge in [-0.05, 0) is 49.2 Å². The second-order valence-electron chi connectivity index (χ2n) is 6.82. The van der Waals surface area contributed by atoms with Gasteiger partial charge in [-0.2, -0.15) is 0 Å². The summed E-state index contributed by atoms with van der Waals surface area (Å²) in [5, 5.41) is 3.83. The predicted octanol–water partition coefficient (Wildman–Crippen LogP) is 5.14. The SMILES string of the molecule is O=C(CCC(=O)N1CCC[C@@H]1c1nc2ccccc2s1)Nc1ccc(Br)cc1. The van der Waals surface area contributed by atoms with E-state index in [2.05, 4.69) is 27.3 Å². The van der Waals surface area contributed by atoms with Gasteiger partial charge in [0, 0.05) is 29.5 Å². The Labute approximate surface area is 175 Å². The van der Waals surface area contributed by atoms with Crippen molar-refractivity contribution in [1.29, 1.82) is 0 Å². The van der Waals surface area contributed by atoms with Gasteiger partial charge in [-0.15, -0.1) is 11.3 Å². The zero-order valence-electron chi connectivity index (χ0n) is 15.2. The molecule has 1 aliphatic rings. The number of halogens is 1. The summed E-state index contributed by atoms with van der Waals surface area (Å²) in [6.07, 6.45) is 2.29. The van der Waals surface area contributed by atoms with Gasteiger partial charge >= 0.3 is 0 Å². The molecule has 7 heteroatoms. The van der Waals surface area contributed by atoms with Crippen LogP contribution in [-0.4, -0.2) is 28.2 Å². The molecule has 28 heavy (non-hydrogen) atoms. The van der Waals surface area contributed by atoms with Gasteiger partial charge in [0.2, 0.25) is 11.8 Å². The van der Waals surface area contributed by atoms with Crippen LogP contribution >= 0.6 is 27.3 Å².